The number of hydrogen-bond acceptors (Lipinski definition) is 5. The van der Waals surface area contributed by atoms with E-state index in [0.717, 1.165) is 3.57 Å². The predicted molar refractivity (Wildman–Crippen MR) is 118 cm³/mol. The van der Waals surface area contributed by atoms with Gasteiger partial charge in [-0.3, -0.25) is 0 Å². The molecule has 0 radical (unpaired) electrons. The van der Waals surface area contributed by atoms with E-state index in [2.05, 4.69) is 34.2 Å². The van der Waals surface area contributed by atoms with Crippen molar-refractivity contribution in [2.45, 2.75) is 0 Å². The van der Waals surface area contributed by atoms with E-state index in [1.54, 1.807) is 36.4 Å². The minimum Gasteiger partial charge on any atom is -0.493 e. The van der Waals surface area contributed by atoms with Crippen LogP contribution in [0.5, 0.6) is 11.5 Å². The zero-order valence-corrected chi connectivity index (χ0v) is 18.3. The van der Waals surface area contributed by atoms with Crippen LogP contribution >= 0.6 is 45.8 Å². The summed E-state index contributed by atoms with van der Waals surface area (Å²) in [7, 11) is 1.50. The van der Waals surface area contributed by atoms with Gasteiger partial charge in [-0.05, 0) is 64.6 Å². The minimum absolute atomic E-state index is 0.128. The molecule has 0 aromatic heterocycles. The number of aliphatic imine (C=N–C) groups is 1. The molecule has 0 atom stereocenters. The number of carbonyl (C=O) groups is 1. The summed E-state index contributed by atoms with van der Waals surface area (Å²) in [5, 5.41) is 0.783. The lowest BCUT2D eigenvalue weighted by molar-refractivity contribution is -0.129. The average Bonchev–Trinajstić information content (AvgIpc) is 3.02. The summed E-state index contributed by atoms with van der Waals surface area (Å²) >= 11 is 14.6. The molecular weight excluding hydrogens is 516 g/mol. The Hall–Kier alpha value is -2.03. The van der Waals surface area contributed by atoms with Gasteiger partial charge in [0, 0.05) is 3.57 Å². The zero-order chi connectivity index (χ0) is 20.3. The lowest BCUT2D eigenvalue weighted by Gasteiger charge is -2.12. The topological polar surface area (TPSA) is 57.1 Å². The standard InChI is InChI=1S/C20H14Cl2INO4/c1-3-6-27-18-15(22)7-11(9-17(18)26-2)8-16-20(25)28-19(24-16)13-10-12(23)4-5-14(13)21/h3-5,7-10H,1,6H2,2H3/b16-8+. The highest BCUT2D eigenvalue weighted by Crippen LogP contribution is 2.37. The van der Waals surface area contributed by atoms with Gasteiger partial charge in [-0.1, -0.05) is 35.9 Å². The fourth-order valence-electron chi connectivity index (χ4n) is 2.45. The Labute approximate surface area is 185 Å². The van der Waals surface area contributed by atoms with Crippen molar-refractivity contribution in [1.29, 1.82) is 0 Å². The molecule has 2 aromatic carbocycles. The Kier molecular flexibility index (Phi) is 6.64. The lowest BCUT2D eigenvalue weighted by Crippen LogP contribution is -2.06. The maximum absolute atomic E-state index is 12.3. The minimum atomic E-state index is -0.577. The monoisotopic (exact) mass is 529 g/mol. The van der Waals surface area contributed by atoms with Crippen molar-refractivity contribution >= 4 is 63.7 Å². The maximum Gasteiger partial charge on any atom is 0.363 e. The van der Waals surface area contributed by atoms with Crippen LogP contribution in [0.15, 0.2) is 53.7 Å². The van der Waals surface area contributed by atoms with E-state index >= 15 is 0 Å². The summed E-state index contributed by atoms with van der Waals surface area (Å²) in [5.74, 6) is 0.406. The van der Waals surface area contributed by atoms with Crippen LogP contribution in [0.4, 0.5) is 0 Å². The highest BCUT2D eigenvalue weighted by Gasteiger charge is 2.26. The van der Waals surface area contributed by atoms with Crippen molar-refractivity contribution in [2.75, 3.05) is 13.7 Å². The first-order valence-corrected chi connectivity index (χ1v) is 9.85. The van der Waals surface area contributed by atoms with Gasteiger partial charge in [-0.15, -0.1) is 0 Å². The second-order valence-corrected chi connectivity index (χ2v) is 7.65. The number of methoxy groups -OCH3 is 1. The van der Waals surface area contributed by atoms with E-state index in [0.29, 0.717) is 32.7 Å². The third-order valence-corrected chi connectivity index (χ3v) is 4.96. The molecule has 0 aliphatic carbocycles. The molecule has 1 aliphatic heterocycles. The van der Waals surface area contributed by atoms with Crippen LogP contribution < -0.4 is 9.47 Å². The molecule has 1 heterocycles. The molecule has 0 amide bonds. The number of ether oxygens (including phenoxy) is 3. The molecule has 0 fully saturated rings. The molecule has 0 unspecified atom stereocenters. The molecule has 0 saturated heterocycles. The van der Waals surface area contributed by atoms with E-state index in [4.69, 9.17) is 37.4 Å². The van der Waals surface area contributed by atoms with E-state index < -0.39 is 5.97 Å². The Morgan fingerprint density at radius 2 is 2.04 bits per heavy atom. The first-order valence-electron chi connectivity index (χ1n) is 8.02. The van der Waals surface area contributed by atoms with Gasteiger partial charge in [0.1, 0.15) is 6.61 Å². The van der Waals surface area contributed by atoms with Crippen molar-refractivity contribution < 1.29 is 19.0 Å². The van der Waals surface area contributed by atoms with E-state index in [-0.39, 0.29) is 18.2 Å². The maximum atomic E-state index is 12.3. The number of carbonyl (C=O) groups excluding carboxylic acids is 1. The third-order valence-electron chi connectivity index (χ3n) is 3.68. The van der Waals surface area contributed by atoms with Gasteiger partial charge in [-0.2, -0.15) is 0 Å². The van der Waals surface area contributed by atoms with Crippen molar-refractivity contribution in [3.8, 4) is 11.5 Å². The zero-order valence-electron chi connectivity index (χ0n) is 14.7. The van der Waals surface area contributed by atoms with Crippen molar-refractivity contribution in [1.82, 2.24) is 0 Å². The molecule has 5 nitrogen and oxygen atoms in total. The van der Waals surface area contributed by atoms with Crippen molar-refractivity contribution in [3.63, 3.8) is 0 Å². The fourth-order valence-corrected chi connectivity index (χ4v) is 3.41. The van der Waals surface area contributed by atoms with Gasteiger partial charge in [0.15, 0.2) is 17.2 Å². The Bertz CT molecular complexity index is 1020. The van der Waals surface area contributed by atoms with Gasteiger partial charge in [0.2, 0.25) is 5.90 Å². The lowest BCUT2D eigenvalue weighted by atomic mass is 10.1. The summed E-state index contributed by atoms with van der Waals surface area (Å²) in [6.07, 6.45) is 3.16. The van der Waals surface area contributed by atoms with Gasteiger partial charge in [0.25, 0.3) is 0 Å². The fraction of sp³-hybridized carbons (Fsp3) is 0.100. The van der Waals surface area contributed by atoms with Crippen molar-refractivity contribution in [2.24, 2.45) is 4.99 Å². The molecule has 28 heavy (non-hydrogen) atoms. The SMILES string of the molecule is C=CCOc1c(Cl)cc(/C=C2/N=C(c3cc(I)ccc3Cl)OC2=O)cc1OC. The number of cyclic esters (lactones) is 1. The molecule has 144 valence electrons. The molecular formula is C20H14Cl2INO4. The van der Waals surface area contributed by atoms with Crippen LogP contribution in [0.25, 0.3) is 6.08 Å². The summed E-state index contributed by atoms with van der Waals surface area (Å²) in [6, 6.07) is 8.71. The quantitative estimate of drug-likeness (QED) is 0.214. The largest absolute Gasteiger partial charge is 0.493 e. The Morgan fingerprint density at radius 1 is 1.25 bits per heavy atom. The van der Waals surface area contributed by atoms with Crippen LogP contribution in [0.3, 0.4) is 0 Å². The number of benzene rings is 2. The average molecular weight is 530 g/mol. The first-order chi connectivity index (χ1) is 13.4. The highest BCUT2D eigenvalue weighted by atomic mass is 127. The van der Waals surface area contributed by atoms with Crippen LogP contribution in [0, 0.1) is 3.57 Å². The number of hydrogen-bond donors (Lipinski definition) is 0. The summed E-state index contributed by atoms with van der Waals surface area (Å²) in [6.45, 7) is 3.89. The molecule has 1 aliphatic rings. The second-order valence-electron chi connectivity index (χ2n) is 5.59. The summed E-state index contributed by atoms with van der Waals surface area (Å²) < 4.78 is 17.1. The molecule has 0 N–H and O–H groups in total. The van der Waals surface area contributed by atoms with Crippen LogP contribution in [0.2, 0.25) is 10.0 Å². The van der Waals surface area contributed by atoms with E-state index in [1.807, 2.05) is 6.07 Å². The Balaban J connectivity index is 1.98. The molecule has 0 bridgehead atoms. The Morgan fingerprint density at radius 3 is 2.75 bits per heavy atom. The molecule has 3 rings (SSSR count). The summed E-state index contributed by atoms with van der Waals surface area (Å²) in [4.78, 5) is 16.5. The third kappa shape index (κ3) is 4.51. The predicted octanol–water partition coefficient (Wildman–Crippen LogP) is 5.52. The van der Waals surface area contributed by atoms with Gasteiger partial charge < -0.3 is 14.2 Å². The number of rotatable bonds is 6. The number of esters is 1. The van der Waals surface area contributed by atoms with E-state index in [1.165, 1.54) is 7.11 Å². The second kappa shape index (κ2) is 8.98. The van der Waals surface area contributed by atoms with Gasteiger partial charge in [-0.25, -0.2) is 9.79 Å². The number of halogens is 3. The molecule has 0 spiro atoms. The van der Waals surface area contributed by atoms with Crippen LogP contribution in [-0.4, -0.2) is 25.6 Å². The smallest absolute Gasteiger partial charge is 0.363 e. The van der Waals surface area contributed by atoms with Crippen LogP contribution in [0.1, 0.15) is 11.1 Å². The van der Waals surface area contributed by atoms with Crippen LogP contribution in [-0.2, 0) is 9.53 Å². The van der Waals surface area contributed by atoms with Gasteiger partial charge >= 0.3 is 5.97 Å². The highest BCUT2D eigenvalue weighted by molar-refractivity contribution is 14.1. The summed E-state index contributed by atoms with van der Waals surface area (Å²) in [5.41, 5.74) is 1.29. The molecule has 0 saturated carbocycles. The normalized spacial score (nSPS) is 14.6. The molecule has 8 heteroatoms. The number of nitrogens with zero attached hydrogens (tertiary/aromatic N) is 1. The van der Waals surface area contributed by atoms with Gasteiger partial charge in [0.05, 0.1) is 22.7 Å². The van der Waals surface area contributed by atoms with Crippen molar-refractivity contribution in [3.05, 3.63) is 73.4 Å². The first kappa shape index (κ1) is 20.7. The van der Waals surface area contributed by atoms with E-state index in [9.17, 15) is 4.79 Å². The molecule has 2 aromatic rings.